The number of halogens is 1. The maximum absolute atomic E-state index is 5.95. The molecule has 1 N–H and O–H groups in total. The zero-order valence-corrected chi connectivity index (χ0v) is 10.4. The van der Waals surface area contributed by atoms with Gasteiger partial charge >= 0.3 is 0 Å². The van der Waals surface area contributed by atoms with E-state index in [1.165, 1.54) is 19.3 Å². The lowest BCUT2D eigenvalue weighted by molar-refractivity contribution is 0.333. The van der Waals surface area contributed by atoms with Gasteiger partial charge in [-0.25, -0.2) is 4.98 Å². The van der Waals surface area contributed by atoms with E-state index < -0.39 is 0 Å². The highest BCUT2D eigenvalue weighted by Crippen LogP contribution is 2.30. The van der Waals surface area contributed by atoms with Crippen LogP contribution in [0.15, 0.2) is 18.2 Å². The summed E-state index contributed by atoms with van der Waals surface area (Å²) in [6.07, 6.45) is 4.12. The predicted molar refractivity (Wildman–Crippen MR) is 70.5 cm³/mol. The summed E-state index contributed by atoms with van der Waals surface area (Å²) >= 11 is 7.63. The van der Waals surface area contributed by atoms with Crippen LogP contribution in [0.3, 0.4) is 0 Å². The molecule has 84 valence electrons. The number of nitrogens with zero attached hydrogens (tertiary/aromatic N) is 1. The Hall–Kier alpha value is -0.800. The second-order valence-corrected chi connectivity index (χ2v) is 5.78. The van der Waals surface area contributed by atoms with Crippen LogP contribution in [0.4, 0.5) is 5.13 Å². The van der Waals surface area contributed by atoms with Gasteiger partial charge in [-0.1, -0.05) is 29.4 Å². The summed E-state index contributed by atoms with van der Waals surface area (Å²) in [7, 11) is 0. The van der Waals surface area contributed by atoms with Gasteiger partial charge in [0.2, 0.25) is 0 Å². The standard InChI is InChI=1S/C12H13ClN2S/c13-9-4-5-10-11(6-9)16-12(15-10)14-7-8-2-1-3-8/h4-6,8H,1-3,7H2,(H,14,15). The molecule has 4 heteroatoms. The molecule has 0 unspecified atom stereocenters. The van der Waals surface area contributed by atoms with E-state index in [0.717, 1.165) is 32.8 Å². The molecule has 0 aliphatic heterocycles. The number of aromatic nitrogens is 1. The summed E-state index contributed by atoms with van der Waals surface area (Å²) in [6, 6.07) is 5.84. The van der Waals surface area contributed by atoms with Crippen molar-refractivity contribution in [1.82, 2.24) is 4.98 Å². The van der Waals surface area contributed by atoms with Crippen LogP contribution >= 0.6 is 22.9 Å². The molecule has 3 rings (SSSR count). The van der Waals surface area contributed by atoms with E-state index in [0.29, 0.717) is 0 Å². The van der Waals surface area contributed by atoms with Crippen LogP contribution in [0.5, 0.6) is 0 Å². The number of rotatable bonds is 3. The van der Waals surface area contributed by atoms with Crippen LogP contribution in [-0.4, -0.2) is 11.5 Å². The van der Waals surface area contributed by atoms with Gasteiger partial charge in [0.15, 0.2) is 5.13 Å². The van der Waals surface area contributed by atoms with Crippen molar-refractivity contribution in [2.75, 3.05) is 11.9 Å². The number of fused-ring (bicyclic) bond motifs is 1. The lowest BCUT2D eigenvalue weighted by atomic mass is 9.86. The maximum atomic E-state index is 5.95. The van der Waals surface area contributed by atoms with E-state index in [4.69, 9.17) is 11.6 Å². The van der Waals surface area contributed by atoms with Crippen LogP contribution < -0.4 is 5.32 Å². The highest BCUT2D eigenvalue weighted by molar-refractivity contribution is 7.22. The average Bonchev–Trinajstić information content (AvgIpc) is 2.57. The molecule has 0 bridgehead atoms. The van der Waals surface area contributed by atoms with E-state index in [1.807, 2.05) is 18.2 Å². The molecular formula is C12H13ClN2S. The molecule has 1 saturated carbocycles. The summed E-state index contributed by atoms with van der Waals surface area (Å²) in [4.78, 5) is 4.53. The fourth-order valence-corrected chi connectivity index (χ4v) is 3.05. The van der Waals surface area contributed by atoms with Gasteiger partial charge in [0.05, 0.1) is 10.2 Å². The van der Waals surface area contributed by atoms with Crippen molar-refractivity contribution >= 4 is 38.3 Å². The van der Waals surface area contributed by atoms with Gasteiger partial charge in [-0.3, -0.25) is 0 Å². The average molecular weight is 253 g/mol. The monoisotopic (exact) mass is 252 g/mol. The van der Waals surface area contributed by atoms with Crippen molar-refractivity contribution in [3.8, 4) is 0 Å². The minimum Gasteiger partial charge on any atom is -0.361 e. The zero-order valence-electron chi connectivity index (χ0n) is 8.87. The second kappa shape index (κ2) is 4.22. The molecule has 0 amide bonds. The smallest absolute Gasteiger partial charge is 0.183 e. The first-order valence-corrected chi connectivity index (χ1v) is 6.81. The first-order chi connectivity index (χ1) is 7.81. The summed E-state index contributed by atoms with van der Waals surface area (Å²) in [6.45, 7) is 1.06. The van der Waals surface area contributed by atoms with Gasteiger partial charge in [-0.15, -0.1) is 0 Å². The molecule has 2 nitrogen and oxygen atoms in total. The maximum Gasteiger partial charge on any atom is 0.183 e. The Morgan fingerprint density at radius 1 is 1.44 bits per heavy atom. The number of nitrogens with one attached hydrogen (secondary N) is 1. The van der Waals surface area contributed by atoms with Crippen LogP contribution in [-0.2, 0) is 0 Å². The van der Waals surface area contributed by atoms with Crippen LogP contribution in [0.1, 0.15) is 19.3 Å². The summed E-state index contributed by atoms with van der Waals surface area (Å²) in [5.74, 6) is 0.857. The first-order valence-electron chi connectivity index (χ1n) is 5.61. The lowest BCUT2D eigenvalue weighted by Crippen LogP contribution is -2.20. The Morgan fingerprint density at radius 2 is 2.31 bits per heavy atom. The molecule has 1 aromatic carbocycles. The molecule has 1 aromatic heterocycles. The van der Waals surface area contributed by atoms with Gasteiger partial charge in [-0.2, -0.15) is 0 Å². The Morgan fingerprint density at radius 3 is 3.06 bits per heavy atom. The largest absolute Gasteiger partial charge is 0.361 e. The SMILES string of the molecule is Clc1ccc2nc(NCC3CCC3)sc2c1. The Balaban J connectivity index is 1.76. The molecule has 0 spiro atoms. The molecule has 1 heterocycles. The number of hydrogen-bond acceptors (Lipinski definition) is 3. The minimum absolute atomic E-state index is 0.779. The van der Waals surface area contributed by atoms with Crippen LogP contribution in [0.2, 0.25) is 5.02 Å². The number of hydrogen-bond donors (Lipinski definition) is 1. The molecule has 2 aromatic rings. The summed E-state index contributed by atoms with van der Waals surface area (Å²) in [5, 5.41) is 5.22. The quantitative estimate of drug-likeness (QED) is 0.887. The Kier molecular flexibility index (Phi) is 2.74. The summed E-state index contributed by atoms with van der Waals surface area (Å²) < 4.78 is 1.16. The fourth-order valence-electron chi connectivity index (χ4n) is 1.90. The third-order valence-corrected chi connectivity index (χ3v) is 4.33. The Labute approximate surface area is 104 Å². The normalized spacial score (nSPS) is 16.3. The van der Waals surface area contributed by atoms with E-state index >= 15 is 0 Å². The lowest BCUT2D eigenvalue weighted by Gasteiger charge is -2.25. The number of anilines is 1. The van der Waals surface area contributed by atoms with Crippen molar-refractivity contribution in [1.29, 1.82) is 0 Å². The van der Waals surface area contributed by atoms with Gasteiger partial charge in [0.25, 0.3) is 0 Å². The van der Waals surface area contributed by atoms with Gasteiger partial charge < -0.3 is 5.32 Å². The van der Waals surface area contributed by atoms with Crippen molar-refractivity contribution in [3.63, 3.8) is 0 Å². The molecule has 1 aliphatic carbocycles. The van der Waals surface area contributed by atoms with Gasteiger partial charge in [-0.05, 0) is 37.0 Å². The van der Waals surface area contributed by atoms with Gasteiger partial charge in [0, 0.05) is 11.6 Å². The molecule has 1 aliphatic rings. The van der Waals surface area contributed by atoms with Gasteiger partial charge in [0.1, 0.15) is 0 Å². The second-order valence-electron chi connectivity index (χ2n) is 4.31. The van der Waals surface area contributed by atoms with E-state index in [2.05, 4.69) is 10.3 Å². The highest BCUT2D eigenvalue weighted by Gasteiger charge is 2.17. The summed E-state index contributed by atoms with van der Waals surface area (Å²) in [5.41, 5.74) is 1.03. The minimum atomic E-state index is 0.779. The zero-order chi connectivity index (χ0) is 11.0. The highest BCUT2D eigenvalue weighted by atomic mass is 35.5. The van der Waals surface area contributed by atoms with Crippen LogP contribution in [0.25, 0.3) is 10.2 Å². The molecule has 16 heavy (non-hydrogen) atoms. The predicted octanol–water partition coefficient (Wildman–Crippen LogP) is 4.16. The van der Waals surface area contributed by atoms with E-state index in [-0.39, 0.29) is 0 Å². The van der Waals surface area contributed by atoms with Crippen molar-refractivity contribution in [2.24, 2.45) is 5.92 Å². The van der Waals surface area contributed by atoms with Crippen LogP contribution in [0, 0.1) is 5.92 Å². The topological polar surface area (TPSA) is 24.9 Å². The molecule has 0 radical (unpaired) electrons. The van der Waals surface area contributed by atoms with Crippen molar-refractivity contribution in [2.45, 2.75) is 19.3 Å². The molecule has 0 atom stereocenters. The molecule has 1 fully saturated rings. The van der Waals surface area contributed by atoms with Crippen molar-refractivity contribution < 1.29 is 0 Å². The third kappa shape index (κ3) is 2.02. The third-order valence-electron chi connectivity index (χ3n) is 3.12. The molecule has 0 saturated heterocycles. The number of thiazole rings is 1. The fraction of sp³-hybridized carbons (Fsp3) is 0.417. The van der Waals surface area contributed by atoms with E-state index in [9.17, 15) is 0 Å². The Bertz CT molecular complexity index is 505. The first kappa shape index (κ1) is 10.4. The van der Waals surface area contributed by atoms with E-state index in [1.54, 1.807) is 11.3 Å². The van der Waals surface area contributed by atoms with Crippen molar-refractivity contribution in [3.05, 3.63) is 23.2 Å². The molecular weight excluding hydrogens is 240 g/mol. The number of benzene rings is 1.